The van der Waals surface area contributed by atoms with E-state index in [9.17, 15) is 4.79 Å². The van der Waals surface area contributed by atoms with E-state index in [1.54, 1.807) is 30.6 Å². The molecule has 2 heterocycles. The Balaban J connectivity index is 1.49. The molecule has 1 N–H and O–H groups in total. The van der Waals surface area contributed by atoms with Gasteiger partial charge in [-0.15, -0.1) is 0 Å². The first kappa shape index (κ1) is 22.1. The first-order chi connectivity index (χ1) is 14.5. The van der Waals surface area contributed by atoms with Crippen LogP contribution in [-0.4, -0.2) is 29.0 Å². The highest BCUT2D eigenvalue weighted by atomic mass is 35.5. The Hall–Kier alpha value is -2.57. The van der Waals surface area contributed by atoms with Crippen LogP contribution >= 0.6 is 23.2 Å². The number of benzene rings is 1. The Kier molecular flexibility index (Phi) is 7.71. The van der Waals surface area contributed by atoms with Gasteiger partial charge in [-0.1, -0.05) is 29.3 Å². The summed E-state index contributed by atoms with van der Waals surface area (Å²) in [5, 5.41) is 3.95. The van der Waals surface area contributed by atoms with Crippen molar-refractivity contribution in [2.24, 2.45) is 0 Å². The molecule has 0 fully saturated rings. The lowest BCUT2D eigenvalue weighted by atomic mass is 10.2. The second-order valence-electron chi connectivity index (χ2n) is 6.72. The Labute approximate surface area is 186 Å². The average Bonchev–Trinajstić information content (AvgIpc) is 3.21. The lowest BCUT2D eigenvalue weighted by Crippen LogP contribution is -2.24. The van der Waals surface area contributed by atoms with E-state index >= 15 is 0 Å². The van der Waals surface area contributed by atoms with Gasteiger partial charge < -0.3 is 14.6 Å². The number of aryl methyl sites for hydroxylation is 1. The molecule has 0 aliphatic heterocycles. The number of carbonyl (C=O) groups excluding carboxylic acids is 1. The minimum Gasteiger partial charge on any atom is -0.441 e. The minimum absolute atomic E-state index is 0.0768. The molecule has 6 nitrogen and oxygen atoms in total. The van der Waals surface area contributed by atoms with E-state index in [0.29, 0.717) is 40.2 Å². The number of oxazole rings is 1. The first-order valence-electron chi connectivity index (χ1n) is 9.86. The van der Waals surface area contributed by atoms with Crippen molar-refractivity contribution in [3.8, 4) is 11.3 Å². The fourth-order valence-electron chi connectivity index (χ4n) is 3.01. The Bertz CT molecular complexity index is 985. The van der Waals surface area contributed by atoms with Crippen LogP contribution in [0.3, 0.4) is 0 Å². The molecule has 0 saturated carbocycles. The van der Waals surface area contributed by atoms with E-state index in [2.05, 4.69) is 34.0 Å². The normalized spacial score (nSPS) is 10.8. The molecular weight excluding hydrogens is 423 g/mol. The van der Waals surface area contributed by atoms with Gasteiger partial charge in [0.25, 0.3) is 0 Å². The molecular formula is C22H24Cl2N4O2. The zero-order chi connectivity index (χ0) is 21.5. The van der Waals surface area contributed by atoms with Gasteiger partial charge in [0.05, 0.1) is 11.2 Å². The van der Waals surface area contributed by atoms with Gasteiger partial charge in [-0.2, -0.15) is 0 Å². The van der Waals surface area contributed by atoms with Crippen molar-refractivity contribution in [1.82, 2.24) is 15.3 Å². The van der Waals surface area contributed by atoms with Crippen molar-refractivity contribution in [1.29, 1.82) is 0 Å². The van der Waals surface area contributed by atoms with Gasteiger partial charge in [0.15, 0.2) is 11.7 Å². The van der Waals surface area contributed by atoms with E-state index in [4.69, 9.17) is 27.6 Å². The molecule has 0 aliphatic rings. The predicted molar refractivity (Wildman–Crippen MR) is 120 cm³/mol. The van der Waals surface area contributed by atoms with E-state index < -0.39 is 0 Å². The second-order valence-corrected chi connectivity index (χ2v) is 7.56. The molecule has 0 bridgehead atoms. The lowest BCUT2D eigenvalue weighted by molar-refractivity contribution is -0.121. The number of amides is 1. The first-order valence-corrected chi connectivity index (χ1v) is 10.6. The van der Waals surface area contributed by atoms with Crippen molar-refractivity contribution in [2.45, 2.75) is 33.2 Å². The summed E-state index contributed by atoms with van der Waals surface area (Å²) < 4.78 is 5.73. The molecule has 3 rings (SSSR count). The summed E-state index contributed by atoms with van der Waals surface area (Å²) in [5.41, 5.74) is 1.67. The number of nitrogens with one attached hydrogen (secondary N) is 1. The van der Waals surface area contributed by atoms with Crippen LogP contribution in [0, 0.1) is 0 Å². The molecule has 1 amide bonds. The summed E-state index contributed by atoms with van der Waals surface area (Å²) in [6, 6.07) is 9.13. The third-order valence-corrected chi connectivity index (χ3v) is 5.25. The average molecular weight is 447 g/mol. The SMILES string of the molecule is CCN(CC)c1ccc(CNC(=O)CCc2ncc(-c3ccc(Cl)cc3Cl)o2)cn1. The number of anilines is 1. The fraction of sp³-hybridized carbons (Fsp3) is 0.318. The molecule has 0 radical (unpaired) electrons. The largest absolute Gasteiger partial charge is 0.441 e. The second kappa shape index (κ2) is 10.5. The molecule has 30 heavy (non-hydrogen) atoms. The van der Waals surface area contributed by atoms with Crippen molar-refractivity contribution in [3.05, 3.63) is 64.2 Å². The van der Waals surface area contributed by atoms with Gasteiger partial charge in [0, 0.05) is 49.3 Å². The molecule has 0 atom stereocenters. The fourth-order valence-corrected chi connectivity index (χ4v) is 3.51. The van der Waals surface area contributed by atoms with E-state index in [1.807, 2.05) is 12.1 Å². The smallest absolute Gasteiger partial charge is 0.220 e. The highest BCUT2D eigenvalue weighted by Crippen LogP contribution is 2.30. The van der Waals surface area contributed by atoms with Crippen molar-refractivity contribution < 1.29 is 9.21 Å². The maximum absolute atomic E-state index is 12.2. The van der Waals surface area contributed by atoms with Crippen molar-refractivity contribution in [3.63, 3.8) is 0 Å². The molecule has 0 aliphatic carbocycles. The highest BCUT2D eigenvalue weighted by molar-refractivity contribution is 6.36. The number of nitrogens with zero attached hydrogens (tertiary/aromatic N) is 3. The molecule has 0 unspecified atom stereocenters. The van der Waals surface area contributed by atoms with Gasteiger partial charge in [0.2, 0.25) is 5.91 Å². The van der Waals surface area contributed by atoms with Gasteiger partial charge in [-0.3, -0.25) is 4.79 Å². The lowest BCUT2D eigenvalue weighted by Gasteiger charge is -2.19. The highest BCUT2D eigenvalue weighted by Gasteiger charge is 2.12. The zero-order valence-electron chi connectivity index (χ0n) is 17.0. The van der Waals surface area contributed by atoms with Gasteiger partial charge in [-0.25, -0.2) is 9.97 Å². The number of halogens is 2. The Morgan fingerprint density at radius 2 is 1.90 bits per heavy atom. The standard InChI is InChI=1S/C22H24Cl2N4O2/c1-3-28(4-2)20-8-5-15(12-25-20)13-26-21(29)9-10-22-27-14-19(30-22)17-7-6-16(23)11-18(17)24/h5-8,11-12,14H,3-4,9-10,13H2,1-2H3,(H,26,29). The molecule has 3 aromatic rings. The van der Waals surface area contributed by atoms with Crippen molar-refractivity contribution >= 4 is 34.9 Å². The number of hydrogen-bond acceptors (Lipinski definition) is 5. The molecule has 1 aromatic carbocycles. The number of hydrogen-bond donors (Lipinski definition) is 1. The molecule has 2 aromatic heterocycles. The zero-order valence-corrected chi connectivity index (χ0v) is 18.5. The van der Waals surface area contributed by atoms with E-state index in [0.717, 1.165) is 24.5 Å². The monoisotopic (exact) mass is 446 g/mol. The Morgan fingerprint density at radius 3 is 2.57 bits per heavy atom. The van der Waals surface area contributed by atoms with Crippen LogP contribution in [-0.2, 0) is 17.8 Å². The summed E-state index contributed by atoms with van der Waals surface area (Å²) in [6.07, 6.45) is 4.07. The summed E-state index contributed by atoms with van der Waals surface area (Å²) in [7, 11) is 0. The van der Waals surface area contributed by atoms with Crippen LogP contribution in [0.5, 0.6) is 0 Å². The van der Waals surface area contributed by atoms with Gasteiger partial charge in [0.1, 0.15) is 5.82 Å². The number of carbonyl (C=O) groups is 1. The molecule has 0 saturated heterocycles. The third-order valence-electron chi connectivity index (χ3n) is 4.70. The molecule has 158 valence electrons. The van der Waals surface area contributed by atoms with Crippen LogP contribution in [0.15, 0.2) is 47.1 Å². The van der Waals surface area contributed by atoms with Crippen LogP contribution in [0.25, 0.3) is 11.3 Å². The quantitative estimate of drug-likeness (QED) is 0.492. The number of rotatable bonds is 9. The van der Waals surface area contributed by atoms with Crippen LogP contribution in [0.4, 0.5) is 5.82 Å². The number of pyridine rings is 1. The summed E-state index contributed by atoms with van der Waals surface area (Å²) in [4.78, 5) is 23.1. The minimum atomic E-state index is -0.0768. The third kappa shape index (κ3) is 5.74. The summed E-state index contributed by atoms with van der Waals surface area (Å²) >= 11 is 12.1. The van der Waals surface area contributed by atoms with Crippen LogP contribution in [0.1, 0.15) is 31.7 Å². The Morgan fingerprint density at radius 1 is 1.10 bits per heavy atom. The number of aromatic nitrogens is 2. The topological polar surface area (TPSA) is 71.3 Å². The van der Waals surface area contributed by atoms with Crippen molar-refractivity contribution in [2.75, 3.05) is 18.0 Å². The van der Waals surface area contributed by atoms with E-state index in [-0.39, 0.29) is 12.3 Å². The van der Waals surface area contributed by atoms with Crippen LogP contribution in [0.2, 0.25) is 10.0 Å². The summed E-state index contributed by atoms with van der Waals surface area (Å²) in [6.45, 7) is 6.45. The molecule has 8 heteroatoms. The summed E-state index contributed by atoms with van der Waals surface area (Å²) in [5.74, 6) is 1.89. The van der Waals surface area contributed by atoms with Gasteiger partial charge >= 0.3 is 0 Å². The van der Waals surface area contributed by atoms with E-state index in [1.165, 1.54) is 0 Å². The predicted octanol–water partition coefficient (Wildman–Crippen LogP) is 5.14. The van der Waals surface area contributed by atoms with Crippen LogP contribution < -0.4 is 10.2 Å². The molecule has 0 spiro atoms. The van der Waals surface area contributed by atoms with Gasteiger partial charge in [-0.05, 0) is 43.7 Å². The maximum Gasteiger partial charge on any atom is 0.220 e. The maximum atomic E-state index is 12.2.